The number of hydrazine groups is 1. The maximum Gasteiger partial charge on any atom is 0.150 e. The Hall–Kier alpha value is -0.170. The van der Waals surface area contributed by atoms with Crippen molar-refractivity contribution in [1.82, 2.24) is 10.3 Å². The van der Waals surface area contributed by atoms with Gasteiger partial charge in [-0.15, -0.1) is 0 Å². The fraction of sp³-hybridized carbons (Fsp3) is 1.00. The van der Waals surface area contributed by atoms with E-state index in [-0.39, 0.29) is 23.1 Å². The second kappa shape index (κ2) is 7.40. The van der Waals surface area contributed by atoms with E-state index < -0.39 is 9.84 Å². The Kier molecular flexibility index (Phi) is 6.05. The molecule has 2 aliphatic rings. The molecule has 1 aliphatic heterocycles. The zero-order valence-electron chi connectivity index (χ0n) is 13.3. The summed E-state index contributed by atoms with van der Waals surface area (Å²) in [6.45, 7) is 4.06. The summed E-state index contributed by atoms with van der Waals surface area (Å²) in [6.07, 6.45) is 9.05. The van der Waals surface area contributed by atoms with Gasteiger partial charge in [0.05, 0.1) is 5.75 Å². The highest BCUT2D eigenvalue weighted by molar-refractivity contribution is 7.91. The van der Waals surface area contributed by atoms with Crippen molar-refractivity contribution in [3.8, 4) is 0 Å². The average molecular weight is 317 g/mol. The van der Waals surface area contributed by atoms with Crippen LogP contribution in [0.15, 0.2) is 0 Å². The molecule has 1 heterocycles. The van der Waals surface area contributed by atoms with Crippen LogP contribution < -0.4 is 11.3 Å². The highest BCUT2D eigenvalue weighted by Crippen LogP contribution is 2.41. The molecule has 1 atom stereocenters. The summed E-state index contributed by atoms with van der Waals surface area (Å²) in [4.78, 5) is 2.62. The molecule has 21 heavy (non-hydrogen) atoms. The molecule has 0 aromatic carbocycles. The van der Waals surface area contributed by atoms with Crippen LogP contribution in [0.25, 0.3) is 0 Å². The second-order valence-electron chi connectivity index (χ2n) is 6.60. The van der Waals surface area contributed by atoms with Gasteiger partial charge in [0.25, 0.3) is 0 Å². The number of hydrogen-bond acceptors (Lipinski definition) is 5. The van der Waals surface area contributed by atoms with Gasteiger partial charge in [0, 0.05) is 17.3 Å². The van der Waals surface area contributed by atoms with Crippen molar-refractivity contribution in [2.45, 2.75) is 69.9 Å². The van der Waals surface area contributed by atoms with Crippen molar-refractivity contribution in [2.24, 2.45) is 5.84 Å². The van der Waals surface area contributed by atoms with Gasteiger partial charge in [-0.1, -0.05) is 19.8 Å². The maximum absolute atomic E-state index is 11.7. The number of sulfone groups is 1. The Morgan fingerprint density at radius 2 is 1.81 bits per heavy atom. The summed E-state index contributed by atoms with van der Waals surface area (Å²) < 4.78 is 23.3. The van der Waals surface area contributed by atoms with Gasteiger partial charge in [-0.3, -0.25) is 16.2 Å². The molecule has 1 aliphatic carbocycles. The minimum atomic E-state index is -2.87. The predicted molar refractivity (Wildman–Crippen MR) is 86.7 cm³/mol. The van der Waals surface area contributed by atoms with Gasteiger partial charge in [0.1, 0.15) is 9.84 Å². The third kappa shape index (κ3) is 3.97. The Morgan fingerprint density at radius 3 is 2.33 bits per heavy atom. The van der Waals surface area contributed by atoms with Gasteiger partial charge in [-0.05, 0) is 51.6 Å². The molecule has 6 heteroatoms. The minimum absolute atomic E-state index is 0.168. The number of likely N-dealkylation sites (tertiary alicyclic amines) is 1. The largest absolute Gasteiger partial charge is 0.296 e. The van der Waals surface area contributed by atoms with E-state index in [4.69, 9.17) is 5.84 Å². The van der Waals surface area contributed by atoms with E-state index in [1.54, 1.807) is 6.92 Å². The van der Waals surface area contributed by atoms with E-state index in [1.165, 1.54) is 51.6 Å². The molecule has 2 fully saturated rings. The van der Waals surface area contributed by atoms with Crippen LogP contribution in [0.3, 0.4) is 0 Å². The number of rotatable bonds is 8. The lowest BCUT2D eigenvalue weighted by Gasteiger charge is -2.45. The molecule has 3 N–H and O–H groups in total. The summed E-state index contributed by atoms with van der Waals surface area (Å²) >= 11 is 0. The molecule has 0 aromatic heterocycles. The molecule has 5 nitrogen and oxygen atoms in total. The highest BCUT2D eigenvalue weighted by Gasteiger charge is 2.45. The third-order valence-electron chi connectivity index (χ3n) is 5.44. The molecule has 0 amide bonds. The Labute approximate surface area is 129 Å². The lowest BCUT2D eigenvalue weighted by atomic mass is 9.84. The van der Waals surface area contributed by atoms with E-state index >= 15 is 0 Å². The molecule has 124 valence electrons. The summed E-state index contributed by atoms with van der Waals surface area (Å²) in [7, 11) is -2.87. The molecule has 1 saturated heterocycles. The first-order chi connectivity index (χ1) is 10.0. The Bertz CT molecular complexity index is 413. The average Bonchev–Trinajstić information content (AvgIpc) is 3.14. The van der Waals surface area contributed by atoms with Gasteiger partial charge in [0.2, 0.25) is 0 Å². The Balaban J connectivity index is 1.99. The molecule has 1 unspecified atom stereocenters. The monoisotopic (exact) mass is 317 g/mol. The van der Waals surface area contributed by atoms with Gasteiger partial charge in [0.15, 0.2) is 0 Å². The number of hydrogen-bond donors (Lipinski definition) is 2. The lowest BCUT2D eigenvalue weighted by molar-refractivity contribution is 0.0727. The molecule has 1 saturated carbocycles. The lowest BCUT2D eigenvalue weighted by Crippen LogP contribution is -2.60. The quantitative estimate of drug-likeness (QED) is 0.523. The van der Waals surface area contributed by atoms with Gasteiger partial charge in [-0.25, -0.2) is 8.42 Å². The van der Waals surface area contributed by atoms with Crippen LogP contribution in [0.4, 0.5) is 0 Å². The minimum Gasteiger partial charge on any atom is -0.296 e. The summed E-state index contributed by atoms with van der Waals surface area (Å²) in [5.74, 6) is 6.39. The highest BCUT2D eigenvalue weighted by atomic mass is 32.2. The number of nitrogens with two attached hydrogens (primary N) is 1. The van der Waals surface area contributed by atoms with Crippen molar-refractivity contribution in [1.29, 1.82) is 0 Å². The van der Waals surface area contributed by atoms with Crippen molar-refractivity contribution in [3.05, 3.63) is 0 Å². The van der Waals surface area contributed by atoms with E-state index in [1.807, 2.05) is 0 Å². The molecule has 0 radical (unpaired) electrons. The topological polar surface area (TPSA) is 75.4 Å². The summed E-state index contributed by atoms with van der Waals surface area (Å²) in [5.41, 5.74) is 3.20. The van der Waals surface area contributed by atoms with Crippen LogP contribution in [0, 0.1) is 0 Å². The van der Waals surface area contributed by atoms with Crippen LogP contribution in [0.1, 0.15) is 58.3 Å². The van der Waals surface area contributed by atoms with Crippen LogP contribution in [-0.4, -0.2) is 49.5 Å². The van der Waals surface area contributed by atoms with E-state index in [2.05, 4.69) is 10.3 Å². The smallest absolute Gasteiger partial charge is 0.150 e. The van der Waals surface area contributed by atoms with Crippen LogP contribution in [0.5, 0.6) is 0 Å². The summed E-state index contributed by atoms with van der Waals surface area (Å²) in [5, 5.41) is 0. The van der Waals surface area contributed by atoms with Crippen molar-refractivity contribution >= 4 is 9.84 Å². The molecule has 0 spiro atoms. The maximum atomic E-state index is 11.7. The molecule has 0 aromatic rings. The van der Waals surface area contributed by atoms with Gasteiger partial charge < -0.3 is 0 Å². The molecule has 2 rings (SSSR count). The van der Waals surface area contributed by atoms with Crippen LogP contribution in [-0.2, 0) is 9.84 Å². The second-order valence-corrected chi connectivity index (χ2v) is 9.08. The molecular weight excluding hydrogens is 286 g/mol. The predicted octanol–water partition coefficient (Wildman–Crippen LogP) is 1.44. The van der Waals surface area contributed by atoms with E-state index in [9.17, 15) is 8.42 Å². The first-order valence-electron chi connectivity index (χ1n) is 8.46. The molecule has 0 bridgehead atoms. The van der Waals surface area contributed by atoms with E-state index in [0.717, 1.165) is 6.42 Å². The van der Waals surface area contributed by atoms with Gasteiger partial charge >= 0.3 is 0 Å². The zero-order chi connectivity index (χ0) is 15.3. The molecular formula is C15H31N3O2S. The van der Waals surface area contributed by atoms with Crippen LogP contribution in [0.2, 0.25) is 0 Å². The van der Waals surface area contributed by atoms with Crippen molar-refractivity contribution < 1.29 is 8.42 Å². The zero-order valence-corrected chi connectivity index (χ0v) is 14.1. The fourth-order valence-corrected chi connectivity index (χ4v) is 5.09. The fourth-order valence-electron chi connectivity index (χ4n) is 4.19. The summed E-state index contributed by atoms with van der Waals surface area (Å²) in [6, 6.07) is 0.213. The first-order valence-corrected chi connectivity index (χ1v) is 10.3. The van der Waals surface area contributed by atoms with Gasteiger partial charge in [-0.2, -0.15) is 0 Å². The Morgan fingerprint density at radius 1 is 1.19 bits per heavy atom. The normalized spacial score (nSPS) is 24.5. The van der Waals surface area contributed by atoms with Crippen molar-refractivity contribution in [2.75, 3.05) is 24.6 Å². The van der Waals surface area contributed by atoms with Crippen LogP contribution >= 0.6 is 0 Å². The third-order valence-corrected chi connectivity index (χ3v) is 7.23. The number of nitrogens with one attached hydrogen (secondary N) is 1. The number of nitrogens with zero attached hydrogens (tertiary/aromatic N) is 1. The van der Waals surface area contributed by atoms with Crippen molar-refractivity contribution in [3.63, 3.8) is 0 Å². The van der Waals surface area contributed by atoms with E-state index in [0.29, 0.717) is 6.42 Å². The SMILES string of the molecule is CCS(=O)(=O)CCCC(NN)C1(N2CCCC2)CCCC1. The first kappa shape index (κ1) is 17.2. The standard InChI is InChI=1S/C15H31N3O2S/c1-2-21(19,20)13-7-8-14(17-16)15(9-3-4-10-15)18-11-5-6-12-18/h14,17H,2-13,16H2,1H3.